The molecule has 0 N–H and O–H groups in total. The molecule has 0 aromatic carbocycles. The van der Waals surface area contributed by atoms with Crippen molar-refractivity contribution < 1.29 is 17.4 Å². The van der Waals surface area contributed by atoms with Gasteiger partial charge in [0.15, 0.2) is 0 Å². The highest BCUT2D eigenvalue weighted by atomic mass is 32.2. The van der Waals surface area contributed by atoms with Gasteiger partial charge < -0.3 is 4.18 Å². The predicted octanol–water partition coefficient (Wildman–Crippen LogP) is 0.701. The molecule has 0 aromatic rings. The van der Waals surface area contributed by atoms with Crippen LogP contribution < -0.4 is 0 Å². The highest BCUT2D eigenvalue weighted by Crippen LogP contribution is 2.02. The van der Waals surface area contributed by atoms with Crippen LogP contribution in [0.2, 0.25) is 0 Å². The van der Waals surface area contributed by atoms with E-state index < -0.39 is 16.1 Å². The van der Waals surface area contributed by atoms with Crippen molar-refractivity contribution in [1.82, 2.24) is 0 Å². The van der Waals surface area contributed by atoms with Crippen molar-refractivity contribution >= 4 is 16.1 Å². The van der Waals surface area contributed by atoms with E-state index in [9.17, 15) is 13.2 Å². The summed E-state index contributed by atoms with van der Waals surface area (Å²) in [5.41, 5.74) is 0. The summed E-state index contributed by atoms with van der Waals surface area (Å²) >= 11 is 0. The molecule has 0 saturated heterocycles. The lowest BCUT2D eigenvalue weighted by Crippen LogP contribution is -2.17. The molecule has 5 heteroatoms. The van der Waals surface area contributed by atoms with Crippen molar-refractivity contribution in [2.75, 3.05) is 5.75 Å². The second kappa shape index (κ2) is 4.25. The van der Waals surface area contributed by atoms with Gasteiger partial charge in [0.2, 0.25) is 0 Å². The van der Waals surface area contributed by atoms with Crippen LogP contribution in [0.25, 0.3) is 0 Å². The van der Waals surface area contributed by atoms with Gasteiger partial charge in [0, 0.05) is 6.08 Å². The molecule has 0 unspecified atom stereocenters. The third kappa shape index (κ3) is 4.90. The maximum absolute atomic E-state index is 10.9. The Kier molecular flexibility index (Phi) is 3.95. The zero-order valence-electron chi connectivity index (χ0n) is 7.11. The SMILES string of the molecule is C=CC(=O)OS(=O)(=O)CC(C)C. The van der Waals surface area contributed by atoms with Crippen molar-refractivity contribution in [3.63, 3.8) is 0 Å². The molecule has 4 nitrogen and oxygen atoms in total. The topological polar surface area (TPSA) is 60.4 Å². The van der Waals surface area contributed by atoms with E-state index in [1.807, 2.05) is 0 Å². The monoisotopic (exact) mass is 192 g/mol. The summed E-state index contributed by atoms with van der Waals surface area (Å²) in [7, 11) is -3.71. The van der Waals surface area contributed by atoms with Crippen LogP contribution >= 0.6 is 0 Å². The molecule has 0 aliphatic rings. The number of hydrogen-bond acceptors (Lipinski definition) is 4. The van der Waals surface area contributed by atoms with Gasteiger partial charge in [-0.2, -0.15) is 8.42 Å². The van der Waals surface area contributed by atoms with Gasteiger partial charge in [0.05, 0.1) is 5.75 Å². The summed E-state index contributed by atoms with van der Waals surface area (Å²) in [6, 6.07) is 0. The molecule has 0 heterocycles. The Morgan fingerprint density at radius 1 is 1.58 bits per heavy atom. The van der Waals surface area contributed by atoms with Gasteiger partial charge >= 0.3 is 16.1 Å². The van der Waals surface area contributed by atoms with Crippen LogP contribution in [0.1, 0.15) is 13.8 Å². The predicted molar refractivity (Wildman–Crippen MR) is 44.9 cm³/mol. The van der Waals surface area contributed by atoms with Crippen LogP contribution in [0.15, 0.2) is 12.7 Å². The largest absolute Gasteiger partial charge is 0.345 e. The Morgan fingerprint density at radius 3 is 2.42 bits per heavy atom. The Bertz CT molecular complexity index is 263. The molecule has 0 amide bonds. The van der Waals surface area contributed by atoms with Crippen molar-refractivity contribution in [1.29, 1.82) is 0 Å². The van der Waals surface area contributed by atoms with Crippen molar-refractivity contribution in [2.24, 2.45) is 5.92 Å². The Labute approximate surface area is 72.3 Å². The molecule has 0 rings (SSSR count). The first-order valence-electron chi connectivity index (χ1n) is 3.46. The van der Waals surface area contributed by atoms with E-state index in [-0.39, 0.29) is 11.7 Å². The first-order valence-corrected chi connectivity index (χ1v) is 5.03. The first-order chi connectivity index (χ1) is 5.37. The number of carbonyl (C=O) groups excluding carboxylic acids is 1. The quantitative estimate of drug-likeness (QED) is 0.486. The molecule has 0 aliphatic carbocycles. The normalized spacial score (nSPS) is 11.2. The maximum Gasteiger partial charge on any atom is 0.345 e. The lowest BCUT2D eigenvalue weighted by molar-refractivity contribution is -0.128. The second-order valence-electron chi connectivity index (χ2n) is 2.72. The first kappa shape index (κ1) is 11.2. The fraction of sp³-hybridized carbons (Fsp3) is 0.571. The van der Waals surface area contributed by atoms with Gasteiger partial charge in [-0.3, -0.25) is 0 Å². The third-order valence-corrected chi connectivity index (χ3v) is 2.41. The minimum Gasteiger partial charge on any atom is -0.342 e. The zero-order chi connectivity index (χ0) is 9.78. The highest BCUT2D eigenvalue weighted by Gasteiger charge is 2.16. The van der Waals surface area contributed by atoms with Gasteiger partial charge in [-0.15, -0.1) is 0 Å². The van der Waals surface area contributed by atoms with Gasteiger partial charge in [-0.1, -0.05) is 20.4 Å². The molecular weight excluding hydrogens is 180 g/mol. The molecule has 0 radical (unpaired) electrons. The summed E-state index contributed by atoms with van der Waals surface area (Å²) in [5, 5.41) is 0. The molecule has 70 valence electrons. The standard InChI is InChI=1S/C7H12O4S/c1-4-7(8)11-12(9,10)5-6(2)3/h4,6H,1,5H2,2-3H3. The number of carbonyl (C=O) groups is 1. The Balaban J connectivity index is 4.24. The fourth-order valence-corrected chi connectivity index (χ4v) is 1.80. The van der Waals surface area contributed by atoms with Crippen LogP contribution in [-0.2, 0) is 19.1 Å². The summed E-state index contributed by atoms with van der Waals surface area (Å²) in [5.74, 6) is -1.16. The fourth-order valence-electron chi connectivity index (χ4n) is 0.601. The molecule has 0 fully saturated rings. The number of rotatable bonds is 4. The summed E-state index contributed by atoms with van der Waals surface area (Å²) in [4.78, 5) is 10.5. The summed E-state index contributed by atoms with van der Waals surface area (Å²) in [6.07, 6.45) is 0.817. The minimum absolute atomic E-state index is 0.0624. The van der Waals surface area contributed by atoms with Gasteiger partial charge in [-0.05, 0) is 5.92 Å². The van der Waals surface area contributed by atoms with E-state index in [4.69, 9.17) is 0 Å². The third-order valence-electron chi connectivity index (χ3n) is 0.913. The summed E-state index contributed by atoms with van der Waals surface area (Å²) in [6.45, 7) is 6.53. The number of hydrogen-bond donors (Lipinski definition) is 0. The zero-order valence-corrected chi connectivity index (χ0v) is 7.93. The summed E-state index contributed by atoms with van der Waals surface area (Å²) < 4.78 is 26.0. The van der Waals surface area contributed by atoms with Gasteiger partial charge in [0.1, 0.15) is 0 Å². The molecule has 0 atom stereocenters. The maximum atomic E-state index is 10.9. The average Bonchev–Trinajstić information content (AvgIpc) is 1.83. The van der Waals surface area contributed by atoms with E-state index in [0.717, 1.165) is 6.08 Å². The smallest absolute Gasteiger partial charge is 0.342 e. The lowest BCUT2D eigenvalue weighted by Gasteiger charge is -2.04. The van der Waals surface area contributed by atoms with Crippen LogP contribution in [0.3, 0.4) is 0 Å². The van der Waals surface area contributed by atoms with Crippen LogP contribution in [0.4, 0.5) is 0 Å². The van der Waals surface area contributed by atoms with Crippen LogP contribution in [0, 0.1) is 5.92 Å². The Hall–Kier alpha value is -0.840. The van der Waals surface area contributed by atoms with Crippen molar-refractivity contribution in [3.8, 4) is 0 Å². The molecule has 0 aliphatic heterocycles. The lowest BCUT2D eigenvalue weighted by atomic mass is 10.3. The molecule has 12 heavy (non-hydrogen) atoms. The minimum atomic E-state index is -3.71. The molecular formula is C7H12O4S. The van der Waals surface area contributed by atoms with E-state index in [1.165, 1.54) is 0 Å². The molecule has 0 bridgehead atoms. The van der Waals surface area contributed by atoms with Crippen LogP contribution in [0.5, 0.6) is 0 Å². The van der Waals surface area contributed by atoms with E-state index >= 15 is 0 Å². The van der Waals surface area contributed by atoms with Gasteiger partial charge in [0.25, 0.3) is 0 Å². The second-order valence-corrected chi connectivity index (χ2v) is 4.34. The van der Waals surface area contributed by atoms with E-state index in [1.54, 1.807) is 13.8 Å². The van der Waals surface area contributed by atoms with Crippen molar-refractivity contribution in [2.45, 2.75) is 13.8 Å². The van der Waals surface area contributed by atoms with E-state index in [2.05, 4.69) is 10.8 Å². The molecule has 0 aromatic heterocycles. The molecule has 0 saturated carbocycles. The van der Waals surface area contributed by atoms with Gasteiger partial charge in [-0.25, -0.2) is 4.79 Å². The molecule has 0 spiro atoms. The average molecular weight is 192 g/mol. The highest BCUT2D eigenvalue weighted by molar-refractivity contribution is 7.87. The van der Waals surface area contributed by atoms with Crippen LogP contribution in [-0.4, -0.2) is 20.1 Å². The van der Waals surface area contributed by atoms with Crippen molar-refractivity contribution in [3.05, 3.63) is 12.7 Å². The Morgan fingerprint density at radius 2 is 2.08 bits per heavy atom. The van der Waals surface area contributed by atoms with E-state index in [0.29, 0.717) is 0 Å².